The molecule has 358 valence electrons. The van der Waals surface area contributed by atoms with Gasteiger partial charge in [0.25, 0.3) is 0 Å². The lowest BCUT2D eigenvalue weighted by atomic mass is 9.98. The van der Waals surface area contributed by atoms with Crippen molar-refractivity contribution in [1.82, 2.24) is 40.3 Å². The number of rotatable bonds is 10. The van der Waals surface area contributed by atoms with Crippen LogP contribution in [-0.4, -0.2) is 83.9 Å². The van der Waals surface area contributed by atoms with Gasteiger partial charge in [0.2, 0.25) is 0 Å². The molecular formula is C47H42Cl4N8O6S4. The van der Waals surface area contributed by atoms with E-state index >= 15 is 0 Å². The molecule has 0 saturated carbocycles. The second kappa shape index (κ2) is 22.2. The smallest absolute Gasteiger partial charge is 0.184 e. The number of fused-ring (bicyclic) bond motifs is 2. The number of H-pyrrole nitrogens is 2. The highest BCUT2D eigenvalue weighted by Crippen LogP contribution is 2.39. The molecule has 0 atom stereocenters. The predicted molar refractivity (Wildman–Crippen MR) is 285 cm³/mol. The van der Waals surface area contributed by atoms with Crippen LogP contribution in [0.5, 0.6) is 11.5 Å². The fourth-order valence-corrected chi connectivity index (χ4v) is 11.3. The number of nitrogens with zero attached hydrogens (tertiary/aromatic N) is 6. The number of ether oxygens (including phenoxy) is 2. The Morgan fingerprint density at radius 3 is 1.43 bits per heavy atom. The van der Waals surface area contributed by atoms with Gasteiger partial charge in [-0.05, 0) is 102 Å². The van der Waals surface area contributed by atoms with Crippen LogP contribution in [0.2, 0.25) is 0 Å². The summed E-state index contributed by atoms with van der Waals surface area (Å²) < 4.78 is 59.1. The SMILES string of the molecule is COc1ccc(-c2[nH]ncc2-c2ccc3ncnc(-c4ccc(S(C)(=O)=O)s4)c3c2)cc1C.COc1cccc(-c2[nH]ncc2-c2ccc3ncnc(-c4ccc(S(C)(=O)=O)s4)c3c2)c1.Cl.Cl.Cl.Cl. The normalized spacial score (nSPS) is 11.0. The zero-order valence-electron chi connectivity index (χ0n) is 37.0. The van der Waals surface area contributed by atoms with E-state index < -0.39 is 19.7 Å². The van der Waals surface area contributed by atoms with Crippen molar-refractivity contribution in [3.05, 3.63) is 134 Å². The van der Waals surface area contributed by atoms with Crippen molar-refractivity contribution in [2.24, 2.45) is 0 Å². The Kier molecular flexibility index (Phi) is 17.4. The highest BCUT2D eigenvalue weighted by Gasteiger charge is 2.19. The van der Waals surface area contributed by atoms with Gasteiger partial charge in [-0.15, -0.1) is 72.3 Å². The number of aromatic nitrogens is 8. The van der Waals surface area contributed by atoms with Gasteiger partial charge in [0.05, 0.1) is 70.2 Å². The molecule has 0 spiro atoms. The molecule has 22 heteroatoms. The molecule has 0 fully saturated rings. The van der Waals surface area contributed by atoms with Crippen LogP contribution in [0.25, 0.3) is 87.7 Å². The Morgan fingerprint density at radius 2 is 1.00 bits per heavy atom. The van der Waals surface area contributed by atoms with Crippen molar-refractivity contribution in [3.8, 4) is 77.4 Å². The van der Waals surface area contributed by atoms with Crippen LogP contribution in [0.15, 0.2) is 137 Å². The van der Waals surface area contributed by atoms with Gasteiger partial charge in [-0.2, -0.15) is 10.2 Å². The summed E-state index contributed by atoms with van der Waals surface area (Å²) in [5.41, 5.74) is 11.5. The number of hydrogen-bond donors (Lipinski definition) is 2. The number of hydrogen-bond acceptors (Lipinski definition) is 14. The number of thiophene rings is 2. The molecule has 69 heavy (non-hydrogen) atoms. The number of sulfone groups is 2. The molecule has 6 heterocycles. The maximum atomic E-state index is 11.9. The molecule has 0 aliphatic carbocycles. The Balaban J connectivity index is 0.000000243. The summed E-state index contributed by atoms with van der Waals surface area (Å²) in [6, 6.07) is 32.5. The van der Waals surface area contributed by atoms with E-state index in [-0.39, 0.29) is 49.6 Å². The predicted octanol–water partition coefficient (Wildman–Crippen LogP) is 11.7. The monoisotopic (exact) mass is 1080 g/mol. The van der Waals surface area contributed by atoms with Gasteiger partial charge < -0.3 is 9.47 Å². The van der Waals surface area contributed by atoms with Gasteiger partial charge >= 0.3 is 0 Å². The van der Waals surface area contributed by atoms with Crippen molar-refractivity contribution >= 4 is 114 Å². The van der Waals surface area contributed by atoms with E-state index in [4.69, 9.17) is 9.47 Å². The zero-order valence-corrected chi connectivity index (χ0v) is 43.6. The molecule has 4 aromatic carbocycles. The lowest BCUT2D eigenvalue weighted by Gasteiger charge is -2.09. The fraction of sp³-hybridized carbons (Fsp3) is 0.106. The molecule has 0 bridgehead atoms. The molecule has 6 aromatic heterocycles. The van der Waals surface area contributed by atoms with Crippen LogP contribution in [0.4, 0.5) is 0 Å². The lowest BCUT2D eigenvalue weighted by Crippen LogP contribution is -1.92. The van der Waals surface area contributed by atoms with Crippen LogP contribution in [0, 0.1) is 6.92 Å². The second-order valence-corrected chi connectivity index (χ2v) is 21.6. The highest BCUT2D eigenvalue weighted by atomic mass is 35.5. The topological polar surface area (TPSA) is 196 Å². The van der Waals surface area contributed by atoms with Crippen LogP contribution >= 0.6 is 72.3 Å². The molecule has 14 nitrogen and oxygen atoms in total. The van der Waals surface area contributed by atoms with Crippen LogP contribution in [0.3, 0.4) is 0 Å². The molecule has 0 unspecified atom stereocenters. The van der Waals surface area contributed by atoms with Crippen molar-refractivity contribution in [2.75, 3.05) is 26.7 Å². The minimum absolute atomic E-state index is 0. The molecular weight excluding hydrogens is 1040 g/mol. The summed E-state index contributed by atoms with van der Waals surface area (Å²) in [7, 11) is -3.26. The maximum absolute atomic E-state index is 11.9. The van der Waals surface area contributed by atoms with Crippen LogP contribution in [-0.2, 0) is 19.7 Å². The van der Waals surface area contributed by atoms with E-state index in [9.17, 15) is 16.8 Å². The van der Waals surface area contributed by atoms with Crippen molar-refractivity contribution in [1.29, 1.82) is 0 Å². The standard InChI is InChI=1S/C24H20N4O3S2.C23H18N4O3S2.4ClH/c1-14-10-16(5-7-20(14)31-2)23-18(12-27-28-23)15-4-6-19-17(11-15)24(26-13-25-19)21-8-9-22(32-21)33(3,29)30;1-30-16-5-3-4-15(10-16)22-18(12-26-27-22)14-6-7-19-17(11-14)23(25-13-24-19)20-8-9-21(31-20)32(2,28)29;;;;/h4-13H,1-3H3,(H,27,28);3-13H,1-2H3,(H,26,27);4*1H. The van der Waals surface area contributed by atoms with E-state index in [0.717, 1.165) is 93.4 Å². The molecule has 10 rings (SSSR count). The minimum Gasteiger partial charge on any atom is -0.497 e. The van der Waals surface area contributed by atoms with E-state index in [0.29, 0.717) is 19.8 Å². The van der Waals surface area contributed by atoms with Gasteiger partial charge in [-0.1, -0.05) is 24.3 Å². The Hall–Kier alpha value is -5.96. The van der Waals surface area contributed by atoms with Crippen molar-refractivity contribution in [2.45, 2.75) is 15.3 Å². The number of benzene rings is 4. The summed E-state index contributed by atoms with van der Waals surface area (Å²) in [5, 5.41) is 16.4. The molecule has 0 aliphatic heterocycles. The minimum atomic E-state index is -3.28. The third kappa shape index (κ3) is 11.2. The molecule has 10 aromatic rings. The first-order valence-corrected chi connectivity index (χ1v) is 25.2. The summed E-state index contributed by atoms with van der Waals surface area (Å²) in [6.07, 6.45) is 8.99. The summed E-state index contributed by atoms with van der Waals surface area (Å²) in [6.45, 7) is 2.00. The highest BCUT2D eigenvalue weighted by molar-refractivity contribution is 7.93. The Morgan fingerprint density at radius 1 is 0.522 bits per heavy atom. The van der Waals surface area contributed by atoms with Gasteiger partial charge in [0.1, 0.15) is 32.6 Å². The number of aryl methyl sites for hydroxylation is 1. The van der Waals surface area contributed by atoms with Gasteiger partial charge in [-0.3, -0.25) is 10.2 Å². The molecule has 2 N–H and O–H groups in total. The fourth-order valence-electron chi connectivity index (χ4n) is 7.40. The first-order valence-electron chi connectivity index (χ1n) is 19.8. The summed E-state index contributed by atoms with van der Waals surface area (Å²) in [5.74, 6) is 1.59. The lowest BCUT2D eigenvalue weighted by molar-refractivity contribution is 0.412. The number of halogens is 4. The van der Waals surface area contributed by atoms with Crippen molar-refractivity contribution in [3.63, 3.8) is 0 Å². The maximum Gasteiger partial charge on any atom is 0.184 e. The number of nitrogens with one attached hydrogen (secondary N) is 2. The molecule has 0 aliphatic rings. The average molecular weight is 1080 g/mol. The quantitative estimate of drug-likeness (QED) is 0.132. The van der Waals surface area contributed by atoms with Gasteiger partial charge in [0.15, 0.2) is 19.7 Å². The van der Waals surface area contributed by atoms with Crippen LogP contribution in [0.1, 0.15) is 5.56 Å². The zero-order chi connectivity index (χ0) is 45.5. The average Bonchev–Trinajstić information content (AvgIpc) is 4.16. The Labute approximate surface area is 430 Å². The third-order valence-corrected chi connectivity index (χ3v) is 16.4. The second-order valence-electron chi connectivity index (χ2n) is 14.9. The first kappa shape index (κ1) is 54.0. The van der Waals surface area contributed by atoms with Crippen molar-refractivity contribution < 1.29 is 26.3 Å². The van der Waals surface area contributed by atoms with E-state index in [1.165, 1.54) is 47.8 Å². The molecule has 0 saturated heterocycles. The van der Waals surface area contributed by atoms with Gasteiger partial charge in [0, 0.05) is 45.5 Å². The largest absolute Gasteiger partial charge is 0.497 e. The van der Waals surface area contributed by atoms with E-state index in [1.54, 1.807) is 50.9 Å². The third-order valence-electron chi connectivity index (χ3n) is 10.6. The summed E-state index contributed by atoms with van der Waals surface area (Å²) >= 11 is 2.41. The van der Waals surface area contributed by atoms with Gasteiger partial charge in [-0.25, -0.2) is 36.8 Å². The first-order chi connectivity index (χ1) is 31.3. The van der Waals surface area contributed by atoms with E-state index in [2.05, 4.69) is 46.4 Å². The number of aromatic amines is 2. The van der Waals surface area contributed by atoms with Crippen LogP contribution < -0.4 is 9.47 Å². The molecule has 0 radical (unpaired) electrons. The Bertz CT molecular complexity index is 3660. The van der Waals surface area contributed by atoms with E-state index in [1.807, 2.05) is 79.7 Å². The molecule has 0 amide bonds. The number of methoxy groups -OCH3 is 2. The summed E-state index contributed by atoms with van der Waals surface area (Å²) in [4.78, 5) is 19.3.